The first kappa shape index (κ1) is 26.8. The second kappa shape index (κ2) is 12.4. The van der Waals surface area contributed by atoms with Gasteiger partial charge in [-0.25, -0.2) is 8.78 Å². The monoisotopic (exact) mass is 533 g/mol. The van der Waals surface area contributed by atoms with Crippen molar-refractivity contribution in [3.63, 3.8) is 0 Å². The third kappa shape index (κ3) is 7.20. The van der Waals surface area contributed by atoms with Gasteiger partial charge in [0.2, 0.25) is 11.8 Å². The molecule has 2 fully saturated rings. The van der Waals surface area contributed by atoms with E-state index >= 15 is 0 Å². The number of nitrogens with zero attached hydrogens (tertiary/aromatic N) is 2. The summed E-state index contributed by atoms with van der Waals surface area (Å²) in [6.07, 6.45) is -0.590. The van der Waals surface area contributed by atoms with E-state index in [1.165, 1.54) is 6.07 Å². The summed E-state index contributed by atoms with van der Waals surface area (Å²) in [5, 5.41) is 2.83. The van der Waals surface area contributed by atoms with Crippen molar-refractivity contribution in [3.8, 4) is 16.9 Å². The van der Waals surface area contributed by atoms with Gasteiger partial charge in [0.25, 0.3) is 0 Å². The minimum absolute atomic E-state index is 0.0182. The maximum atomic E-state index is 14.8. The predicted molar refractivity (Wildman–Crippen MR) is 145 cm³/mol. The standard InChI is InChI=1S/C31H33F2N3O3/c32-28-18-24(6-7-25(28)19-30(37)34-21-22-4-2-1-3-5-22)23-8-10-26(11-9-23)39-17-16-35-12-14-36(15-13-35)31(38)27-20-29(27)33/h1-11,18,27,29H,12-17,19-21H2,(H,34,37)/t27-,29-/m0/s1. The molecule has 0 unspecified atom stereocenters. The van der Waals surface area contributed by atoms with Gasteiger partial charge in [-0.2, -0.15) is 0 Å². The van der Waals surface area contributed by atoms with Crippen molar-refractivity contribution >= 4 is 11.8 Å². The van der Waals surface area contributed by atoms with Crippen molar-refractivity contribution in [1.82, 2.24) is 15.1 Å². The van der Waals surface area contributed by atoms with Crippen LogP contribution in [-0.2, 0) is 22.6 Å². The van der Waals surface area contributed by atoms with E-state index in [1.807, 2.05) is 60.7 Å². The molecule has 2 amide bonds. The van der Waals surface area contributed by atoms with Gasteiger partial charge in [0.15, 0.2) is 0 Å². The number of hydrogen-bond donors (Lipinski definition) is 1. The van der Waals surface area contributed by atoms with Crippen LogP contribution in [0.4, 0.5) is 8.78 Å². The Morgan fingerprint density at radius 1 is 0.923 bits per heavy atom. The summed E-state index contributed by atoms with van der Waals surface area (Å²) in [7, 11) is 0. The van der Waals surface area contributed by atoms with Crippen molar-refractivity contribution in [2.75, 3.05) is 39.3 Å². The molecule has 1 N–H and O–H groups in total. The Morgan fingerprint density at radius 2 is 1.62 bits per heavy atom. The number of amides is 2. The maximum Gasteiger partial charge on any atom is 0.228 e. The maximum absolute atomic E-state index is 14.8. The molecule has 5 rings (SSSR count). The van der Waals surface area contributed by atoms with Crippen molar-refractivity contribution < 1.29 is 23.1 Å². The molecular formula is C31H33F2N3O3. The van der Waals surface area contributed by atoms with E-state index in [2.05, 4.69) is 10.2 Å². The number of carbonyl (C=O) groups excluding carboxylic acids is 2. The highest BCUT2D eigenvalue weighted by molar-refractivity contribution is 5.82. The highest BCUT2D eigenvalue weighted by atomic mass is 19.1. The lowest BCUT2D eigenvalue weighted by Gasteiger charge is -2.34. The van der Waals surface area contributed by atoms with E-state index in [-0.39, 0.29) is 18.2 Å². The molecule has 204 valence electrons. The third-order valence-electron chi connectivity index (χ3n) is 7.31. The van der Waals surface area contributed by atoms with Gasteiger partial charge < -0.3 is 15.0 Å². The van der Waals surface area contributed by atoms with Crippen molar-refractivity contribution in [2.24, 2.45) is 5.92 Å². The smallest absolute Gasteiger partial charge is 0.228 e. The Labute approximate surface area is 227 Å². The van der Waals surface area contributed by atoms with E-state index in [0.717, 1.165) is 42.1 Å². The Kier molecular flexibility index (Phi) is 8.51. The van der Waals surface area contributed by atoms with E-state index in [4.69, 9.17) is 4.74 Å². The van der Waals surface area contributed by atoms with Gasteiger partial charge in [0.05, 0.1) is 12.3 Å². The van der Waals surface area contributed by atoms with Gasteiger partial charge in [-0.1, -0.05) is 54.6 Å². The Bertz CT molecular complexity index is 1280. The van der Waals surface area contributed by atoms with Gasteiger partial charge in [-0.05, 0) is 46.9 Å². The van der Waals surface area contributed by atoms with Gasteiger partial charge >= 0.3 is 0 Å². The lowest BCUT2D eigenvalue weighted by Crippen LogP contribution is -2.50. The van der Waals surface area contributed by atoms with Crippen LogP contribution in [-0.4, -0.2) is 67.1 Å². The fourth-order valence-corrected chi connectivity index (χ4v) is 4.78. The van der Waals surface area contributed by atoms with E-state index in [0.29, 0.717) is 38.2 Å². The van der Waals surface area contributed by atoms with Crippen molar-refractivity contribution in [2.45, 2.75) is 25.6 Å². The number of rotatable bonds is 10. The molecule has 0 bridgehead atoms. The van der Waals surface area contributed by atoms with Crippen LogP contribution >= 0.6 is 0 Å². The molecule has 3 aromatic carbocycles. The summed E-state index contributed by atoms with van der Waals surface area (Å²) >= 11 is 0. The normalized spacial score (nSPS) is 19.0. The lowest BCUT2D eigenvalue weighted by molar-refractivity contribution is -0.134. The van der Waals surface area contributed by atoms with Crippen LogP contribution in [0.5, 0.6) is 5.75 Å². The molecule has 2 atom stereocenters. The zero-order valence-electron chi connectivity index (χ0n) is 21.8. The SMILES string of the molecule is O=C(Cc1ccc(-c2ccc(OCCN3CCN(C(=O)[C@H]4C[C@@H]4F)CC3)cc2)cc1F)NCc1ccccc1. The van der Waals surface area contributed by atoms with Gasteiger partial charge in [-0.3, -0.25) is 14.5 Å². The summed E-state index contributed by atoms with van der Waals surface area (Å²) in [6.45, 7) is 4.44. The number of benzene rings is 3. The molecule has 8 heteroatoms. The fourth-order valence-electron chi connectivity index (χ4n) is 4.78. The molecule has 0 radical (unpaired) electrons. The van der Waals surface area contributed by atoms with Crippen LogP contribution in [0.2, 0.25) is 0 Å². The number of nitrogens with one attached hydrogen (secondary N) is 1. The first-order valence-corrected chi connectivity index (χ1v) is 13.4. The highest BCUT2D eigenvalue weighted by Crippen LogP contribution is 2.35. The summed E-state index contributed by atoms with van der Waals surface area (Å²) < 4.78 is 33.8. The first-order valence-electron chi connectivity index (χ1n) is 13.4. The highest BCUT2D eigenvalue weighted by Gasteiger charge is 2.45. The van der Waals surface area contributed by atoms with Gasteiger partial charge in [0, 0.05) is 39.3 Å². The zero-order valence-corrected chi connectivity index (χ0v) is 21.8. The predicted octanol–water partition coefficient (Wildman–Crippen LogP) is 4.23. The van der Waals surface area contributed by atoms with Crippen molar-refractivity contribution in [3.05, 3.63) is 89.7 Å². The zero-order chi connectivity index (χ0) is 27.2. The van der Waals surface area contributed by atoms with E-state index in [1.54, 1.807) is 11.0 Å². The number of carbonyl (C=O) groups is 2. The molecule has 0 aromatic heterocycles. The average molecular weight is 534 g/mol. The molecule has 1 aliphatic heterocycles. The number of halogens is 2. The van der Waals surface area contributed by atoms with Gasteiger partial charge in [0.1, 0.15) is 24.3 Å². The van der Waals surface area contributed by atoms with Crippen LogP contribution in [0.3, 0.4) is 0 Å². The largest absolute Gasteiger partial charge is 0.492 e. The Balaban J connectivity index is 1.05. The topological polar surface area (TPSA) is 61.9 Å². The molecule has 39 heavy (non-hydrogen) atoms. The summed E-state index contributed by atoms with van der Waals surface area (Å²) in [5.41, 5.74) is 2.93. The average Bonchev–Trinajstić information content (AvgIpc) is 3.70. The van der Waals surface area contributed by atoms with Crippen LogP contribution < -0.4 is 10.1 Å². The quantitative estimate of drug-likeness (QED) is 0.424. The molecule has 2 aliphatic rings. The summed E-state index contributed by atoms with van der Waals surface area (Å²) in [4.78, 5) is 28.4. The molecule has 3 aromatic rings. The van der Waals surface area contributed by atoms with Gasteiger partial charge in [-0.15, -0.1) is 0 Å². The van der Waals surface area contributed by atoms with Crippen LogP contribution in [0.15, 0.2) is 72.8 Å². The number of hydrogen-bond acceptors (Lipinski definition) is 4. The summed E-state index contributed by atoms with van der Waals surface area (Å²) in [5.74, 6) is -0.365. The van der Waals surface area contributed by atoms with E-state index in [9.17, 15) is 18.4 Å². The second-order valence-corrected chi connectivity index (χ2v) is 10.1. The third-order valence-corrected chi connectivity index (χ3v) is 7.31. The molecule has 1 aliphatic carbocycles. The van der Waals surface area contributed by atoms with Crippen LogP contribution in [0, 0.1) is 11.7 Å². The molecule has 6 nitrogen and oxygen atoms in total. The number of piperazine rings is 1. The Hall–Kier alpha value is -3.78. The first-order chi connectivity index (χ1) is 19.0. The second-order valence-electron chi connectivity index (χ2n) is 10.1. The van der Waals surface area contributed by atoms with Crippen LogP contribution in [0.25, 0.3) is 11.1 Å². The number of ether oxygens (including phenoxy) is 1. The summed E-state index contributed by atoms with van der Waals surface area (Å²) in [6, 6.07) is 22.0. The molecule has 1 saturated carbocycles. The molecule has 0 spiro atoms. The minimum atomic E-state index is -0.947. The number of alkyl halides is 1. The van der Waals surface area contributed by atoms with Crippen molar-refractivity contribution in [1.29, 1.82) is 0 Å². The van der Waals surface area contributed by atoms with Crippen LogP contribution in [0.1, 0.15) is 17.5 Å². The molecule has 1 saturated heterocycles. The van der Waals surface area contributed by atoms with E-state index < -0.39 is 17.9 Å². The lowest BCUT2D eigenvalue weighted by atomic mass is 10.0. The minimum Gasteiger partial charge on any atom is -0.492 e. The molecule has 1 heterocycles. The molecular weight excluding hydrogens is 500 g/mol. The Morgan fingerprint density at radius 3 is 2.28 bits per heavy atom. The fraction of sp³-hybridized carbons (Fsp3) is 0.355.